The molecule has 0 radical (unpaired) electrons. The topological polar surface area (TPSA) is 72.4 Å². The Morgan fingerprint density at radius 1 is 1.00 bits per heavy atom. The third kappa shape index (κ3) is 4.79. The summed E-state index contributed by atoms with van der Waals surface area (Å²) in [6.45, 7) is 3.80. The highest BCUT2D eigenvalue weighted by Crippen LogP contribution is 2.29. The van der Waals surface area contributed by atoms with Crippen molar-refractivity contribution in [2.45, 2.75) is 39.2 Å². The van der Waals surface area contributed by atoms with E-state index in [-0.39, 0.29) is 24.5 Å². The van der Waals surface area contributed by atoms with Crippen LogP contribution in [0.2, 0.25) is 0 Å². The fraction of sp³-hybridized carbons (Fsp3) is 0.280. The molecule has 0 spiro atoms. The van der Waals surface area contributed by atoms with E-state index in [2.05, 4.69) is 22.9 Å². The van der Waals surface area contributed by atoms with Gasteiger partial charge in [-0.25, -0.2) is 0 Å². The van der Waals surface area contributed by atoms with Crippen LogP contribution in [0.5, 0.6) is 5.75 Å². The van der Waals surface area contributed by atoms with Gasteiger partial charge in [0.1, 0.15) is 5.75 Å². The smallest absolute Gasteiger partial charge is 0.270 e. The fourth-order valence-corrected chi connectivity index (χ4v) is 4.00. The molecule has 6 nitrogen and oxygen atoms in total. The minimum atomic E-state index is -0.206. The third-order valence-corrected chi connectivity index (χ3v) is 5.68. The van der Waals surface area contributed by atoms with E-state index in [1.165, 1.54) is 11.1 Å². The molecule has 0 aliphatic heterocycles. The number of carbonyl (C=O) groups is 2. The average molecular weight is 418 g/mol. The first-order valence-corrected chi connectivity index (χ1v) is 10.6. The van der Waals surface area contributed by atoms with Crippen molar-refractivity contribution in [1.82, 2.24) is 9.99 Å². The summed E-state index contributed by atoms with van der Waals surface area (Å²) in [7, 11) is 0. The SMILES string of the molecule is Cc1ccc(C)n1NC(=O)c1ccc(OCC(=O)N[C@@H]2CCCc3ccccc32)cc1. The predicted molar refractivity (Wildman–Crippen MR) is 120 cm³/mol. The third-order valence-electron chi connectivity index (χ3n) is 5.68. The maximum Gasteiger partial charge on any atom is 0.270 e. The summed E-state index contributed by atoms with van der Waals surface area (Å²) < 4.78 is 7.38. The molecule has 31 heavy (non-hydrogen) atoms. The van der Waals surface area contributed by atoms with Crippen molar-refractivity contribution in [3.8, 4) is 5.75 Å². The number of nitrogens with zero attached hydrogens (tertiary/aromatic N) is 1. The molecule has 6 heteroatoms. The first kappa shape index (κ1) is 20.7. The van der Waals surface area contributed by atoms with Gasteiger partial charge in [-0.2, -0.15) is 0 Å². The minimum absolute atomic E-state index is 0.0349. The Bertz CT molecular complexity index is 1070. The number of fused-ring (bicyclic) bond motifs is 1. The molecule has 1 aliphatic carbocycles. The summed E-state index contributed by atoms with van der Waals surface area (Å²) in [5.74, 6) is 0.189. The second-order valence-electron chi connectivity index (χ2n) is 7.92. The number of rotatable bonds is 6. The van der Waals surface area contributed by atoms with Gasteiger partial charge in [-0.05, 0) is 80.6 Å². The van der Waals surface area contributed by atoms with Crippen molar-refractivity contribution < 1.29 is 14.3 Å². The quantitative estimate of drug-likeness (QED) is 0.635. The molecule has 0 bridgehead atoms. The standard InChI is InChI=1S/C25H27N3O3/c1-17-10-11-18(2)28(17)27-25(30)20-12-14-21(15-13-20)31-16-24(29)26-23-9-5-7-19-6-3-4-8-22(19)23/h3-4,6,8,10-15,23H,5,7,9,16H2,1-2H3,(H,26,29)(H,27,30)/t23-/m1/s1. The summed E-state index contributed by atoms with van der Waals surface area (Å²) in [6, 6.07) is 19.0. The van der Waals surface area contributed by atoms with Gasteiger partial charge < -0.3 is 10.1 Å². The van der Waals surface area contributed by atoms with Crippen LogP contribution in [-0.4, -0.2) is 23.1 Å². The Morgan fingerprint density at radius 3 is 2.45 bits per heavy atom. The van der Waals surface area contributed by atoms with Gasteiger partial charge in [0, 0.05) is 17.0 Å². The van der Waals surface area contributed by atoms with E-state index >= 15 is 0 Å². The van der Waals surface area contributed by atoms with E-state index < -0.39 is 0 Å². The van der Waals surface area contributed by atoms with E-state index in [1.54, 1.807) is 28.9 Å². The number of carbonyl (C=O) groups excluding carboxylic acids is 2. The van der Waals surface area contributed by atoms with Gasteiger partial charge in [0.2, 0.25) is 0 Å². The second-order valence-corrected chi connectivity index (χ2v) is 7.92. The van der Waals surface area contributed by atoms with E-state index in [0.717, 1.165) is 30.7 Å². The minimum Gasteiger partial charge on any atom is -0.484 e. The van der Waals surface area contributed by atoms with Crippen LogP contribution in [0.15, 0.2) is 60.7 Å². The van der Waals surface area contributed by atoms with Crippen LogP contribution in [0.1, 0.15) is 51.8 Å². The molecule has 2 amide bonds. The monoisotopic (exact) mass is 417 g/mol. The Kier molecular flexibility index (Phi) is 6.07. The van der Waals surface area contributed by atoms with Crippen LogP contribution in [0, 0.1) is 13.8 Å². The number of benzene rings is 2. The summed E-state index contributed by atoms with van der Waals surface area (Å²) in [5.41, 5.74) is 7.80. The molecule has 1 atom stereocenters. The molecule has 1 heterocycles. The molecule has 0 saturated carbocycles. The van der Waals surface area contributed by atoms with Crippen LogP contribution in [0.25, 0.3) is 0 Å². The maximum absolute atomic E-state index is 12.5. The largest absolute Gasteiger partial charge is 0.484 e. The summed E-state index contributed by atoms with van der Waals surface area (Å²) in [5, 5.41) is 3.08. The molecule has 0 unspecified atom stereocenters. The van der Waals surface area contributed by atoms with Crippen molar-refractivity contribution >= 4 is 11.8 Å². The zero-order valence-corrected chi connectivity index (χ0v) is 17.9. The first-order valence-electron chi connectivity index (χ1n) is 10.6. The molecule has 1 aliphatic rings. The van der Waals surface area contributed by atoms with Crippen molar-refractivity contribution in [2.75, 3.05) is 12.0 Å². The van der Waals surface area contributed by atoms with Crippen LogP contribution in [0.4, 0.5) is 0 Å². The zero-order valence-electron chi connectivity index (χ0n) is 17.9. The predicted octanol–water partition coefficient (Wildman–Crippen LogP) is 4.06. The highest BCUT2D eigenvalue weighted by molar-refractivity contribution is 6.00. The van der Waals surface area contributed by atoms with Crippen LogP contribution >= 0.6 is 0 Å². The Balaban J connectivity index is 1.30. The van der Waals surface area contributed by atoms with Gasteiger partial charge >= 0.3 is 0 Å². The lowest BCUT2D eigenvalue weighted by Crippen LogP contribution is -2.34. The molecule has 0 saturated heterocycles. The van der Waals surface area contributed by atoms with Crippen molar-refractivity contribution in [3.63, 3.8) is 0 Å². The molecule has 2 N–H and O–H groups in total. The van der Waals surface area contributed by atoms with Crippen LogP contribution in [0.3, 0.4) is 0 Å². The molecular formula is C25H27N3O3. The Hall–Kier alpha value is -3.54. The highest BCUT2D eigenvalue weighted by atomic mass is 16.5. The lowest BCUT2D eigenvalue weighted by molar-refractivity contribution is -0.124. The summed E-state index contributed by atoms with van der Waals surface area (Å²) in [4.78, 5) is 24.9. The number of aryl methyl sites for hydroxylation is 3. The van der Waals surface area contributed by atoms with E-state index in [0.29, 0.717) is 11.3 Å². The van der Waals surface area contributed by atoms with Crippen molar-refractivity contribution in [1.29, 1.82) is 0 Å². The molecule has 1 aromatic heterocycles. The number of aromatic nitrogens is 1. The summed E-state index contributed by atoms with van der Waals surface area (Å²) in [6.07, 6.45) is 3.06. The van der Waals surface area contributed by atoms with Gasteiger partial charge in [0.05, 0.1) is 6.04 Å². The molecule has 2 aromatic carbocycles. The normalized spacial score (nSPS) is 15.1. The molecular weight excluding hydrogens is 390 g/mol. The van der Waals surface area contributed by atoms with Gasteiger partial charge in [-0.1, -0.05) is 24.3 Å². The van der Waals surface area contributed by atoms with E-state index in [4.69, 9.17) is 4.74 Å². The van der Waals surface area contributed by atoms with Gasteiger partial charge in [0.15, 0.2) is 6.61 Å². The van der Waals surface area contributed by atoms with Crippen LogP contribution < -0.4 is 15.5 Å². The van der Waals surface area contributed by atoms with Gasteiger partial charge in [-0.15, -0.1) is 0 Å². The first-order chi connectivity index (χ1) is 15.0. The van der Waals surface area contributed by atoms with E-state index in [1.807, 2.05) is 38.1 Å². The number of nitrogens with one attached hydrogen (secondary N) is 2. The lowest BCUT2D eigenvalue weighted by atomic mass is 9.88. The average Bonchev–Trinajstić information content (AvgIpc) is 3.10. The van der Waals surface area contributed by atoms with Crippen molar-refractivity contribution in [2.24, 2.45) is 0 Å². The van der Waals surface area contributed by atoms with Crippen molar-refractivity contribution in [3.05, 3.63) is 88.7 Å². The highest BCUT2D eigenvalue weighted by Gasteiger charge is 2.21. The van der Waals surface area contributed by atoms with Crippen LogP contribution in [-0.2, 0) is 11.2 Å². The molecule has 160 valence electrons. The number of ether oxygens (including phenoxy) is 1. The van der Waals surface area contributed by atoms with Gasteiger partial charge in [-0.3, -0.25) is 19.7 Å². The fourth-order valence-electron chi connectivity index (χ4n) is 4.00. The number of amides is 2. The Morgan fingerprint density at radius 2 is 1.71 bits per heavy atom. The lowest BCUT2D eigenvalue weighted by Gasteiger charge is -2.26. The number of hydrogen-bond acceptors (Lipinski definition) is 3. The number of hydrogen-bond donors (Lipinski definition) is 2. The molecule has 0 fully saturated rings. The Labute approximate surface area is 182 Å². The zero-order chi connectivity index (χ0) is 21.8. The van der Waals surface area contributed by atoms with E-state index in [9.17, 15) is 9.59 Å². The maximum atomic E-state index is 12.5. The molecule has 4 rings (SSSR count). The second kappa shape index (κ2) is 9.08. The summed E-state index contributed by atoms with van der Waals surface area (Å²) >= 11 is 0. The van der Waals surface area contributed by atoms with Gasteiger partial charge in [0.25, 0.3) is 11.8 Å². The molecule has 3 aromatic rings.